The zero-order valence-corrected chi connectivity index (χ0v) is 23.1. The molecule has 1 atom stereocenters. The van der Waals surface area contributed by atoms with E-state index in [4.69, 9.17) is 27.9 Å². The summed E-state index contributed by atoms with van der Waals surface area (Å²) >= 11 is 15.6. The lowest BCUT2D eigenvalue weighted by Gasteiger charge is -2.11. The first-order valence-electron chi connectivity index (χ1n) is 10.4. The molecule has 0 radical (unpaired) electrons. The maximum atomic E-state index is 14.4. The van der Waals surface area contributed by atoms with Crippen molar-refractivity contribution in [1.82, 2.24) is 20.2 Å². The SMILES string of the molecule is COC(=O)C(C)Sc1nnc(SCC(=O)Nc2ccc3ncnc(Nc4cc(Cl)c(Cl)cc4F)c3c2)s1. The number of aromatic nitrogens is 4. The number of rotatable bonds is 9. The Morgan fingerprint density at radius 1 is 1.14 bits per heavy atom. The van der Waals surface area contributed by atoms with Gasteiger partial charge in [0.15, 0.2) is 8.68 Å². The van der Waals surface area contributed by atoms with E-state index in [0.717, 1.165) is 6.07 Å². The van der Waals surface area contributed by atoms with Crippen LogP contribution in [-0.2, 0) is 14.3 Å². The minimum atomic E-state index is -0.597. The topological polar surface area (TPSA) is 119 Å². The molecule has 0 saturated carbocycles. The molecule has 0 saturated heterocycles. The number of fused-ring (bicyclic) bond motifs is 1. The number of carbonyl (C=O) groups is 2. The molecule has 0 aliphatic carbocycles. The van der Waals surface area contributed by atoms with E-state index in [9.17, 15) is 14.0 Å². The van der Waals surface area contributed by atoms with E-state index in [-0.39, 0.29) is 33.4 Å². The Labute approximate surface area is 232 Å². The van der Waals surface area contributed by atoms with E-state index in [0.29, 0.717) is 31.1 Å². The number of amides is 1. The maximum Gasteiger partial charge on any atom is 0.318 e. The van der Waals surface area contributed by atoms with Crippen molar-refractivity contribution in [2.24, 2.45) is 0 Å². The smallest absolute Gasteiger partial charge is 0.318 e. The average molecular weight is 600 g/mol. The largest absolute Gasteiger partial charge is 0.468 e. The van der Waals surface area contributed by atoms with Crippen LogP contribution in [0.25, 0.3) is 10.9 Å². The van der Waals surface area contributed by atoms with Crippen LogP contribution in [0.5, 0.6) is 0 Å². The molecule has 2 aromatic heterocycles. The summed E-state index contributed by atoms with van der Waals surface area (Å²) < 4.78 is 20.3. The Balaban J connectivity index is 1.42. The molecule has 2 heterocycles. The van der Waals surface area contributed by atoms with Crippen LogP contribution in [0.1, 0.15) is 6.92 Å². The lowest BCUT2D eigenvalue weighted by atomic mass is 10.2. The highest BCUT2D eigenvalue weighted by Crippen LogP contribution is 2.33. The molecule has 2 aromatic carbocycles. The minimum Gasteiger partial charge on any atom is -0.468 e. The lowest BCUT2D eigenvalue weighted by molar-refractivity contribution is -0.139. The number of nitrogens with zero attached hydrogens (tertiary/aromatic N) is 4. The van der Waals surface area contributed by atoms with Crippen molar-refractivity contribution >= 4 is 98.0 Å². The molecule has 1 amide bonds. The van der Waals surface area contributed by atoms with Crippen LogP contribution in [0.3, 0.4) is 0 Å². The number of benzene rings is 2. The molecule has 192 valence electrons. The highest BCUT2D eigenvalue weighted by Gasteiger charge is 2.18. The summed E-state index contributed by atoms with van der Waals surface area (Å²) in [5, 5.41) is 14.2. The second-order valence-corrected chi connectivity index (χ2v) is 11.9. The van der Waals surface area contributed by atoms with Gasteiger partial charge in [-0.15, -0.1) is 10.2 Å². The van der Waals surface area contributed by atoms with Crippen molar-refractivity contribution in [3.05, 3.63) is 52.5 Å². The molecule has 37 heavy (non-hydrogen) atoms. The van der Waals surface area contributed by atoms with Crippen LogP contribution in [0, 0.1) is 5.82 Å². The standard InChI is InChI=1S/C22H17Cl2FN6O3S3/c1-10(20(33)34-2)36-22-31-30-21(37-22)35-8-18(32)28-11-3-4-16-12(5-11)19(27-9-26-16)29-17-7-14(24)13(23)6-15(17)25/h3-7,9-10H,8H2,1-2H3,(H,28,32)(H,26,27,29). The molecule has 15 heteroatoms. The van der Waals surface area contributed by atoms with Gasteiger partial charge in [0.1, 0.15) is 23.2 Å². The fourth-order valence-electron chi connectivity index (χ4n) is 2.97. The number of halogens is 3. The Kier molecular flexibility index (Phi) is 9.03. The highest BCUT2D eigenvalue weighted by atomic mass is 35.5. The second-order valence-electron chi connectivity index (χ2n) is 7.28. The summed E-state index contributed by atoms with van der Waals surface area (Å²) in [6.45, 7) is 1.72. The summed E-state index contributed by atoms with van der Waals surface area (Å²) in [6, 6.07) is 7.58. The molecular formula is C22H17Cl2FN6O3S3. The van der Waals surface area contributed by atoms with E-state index in [1.807, 2.05) is 0 Å². The van der Waals surface area contributed by atoms with E-state index < -0.39 is 11.1 Å². The molecule has 0 bridgehead atoms. The van der Waals surface area contributed by atoms with E-state index in [2.05, 4.69) is 30.8 Å². The van der Waals surface area contributed by atoms with Gasteiger partial charge < -0.3 is 15.4 Å². The first kappa shape index (κ1) is 27.3. The zero-order chi connectivity index (χ0) is 26.5. The molecule has 0 fully saturated rings. The summed E-state index contributed by atoms with van der Waals surface area (Å²) in [4.78, 5) is 32.5. The summed E-state index contributed by atoms with van der Waals surface area (Å²) in [5.74, 6) is -0.795. The van der Waals surface area contributed by atoms with Crippen LogP contribution in [0.2, 0.25) is 10.0 Å². The number of ether oxygens (including phenoxy) is 1. The van der Waals surface area contributed by atoms with Crippen LogP contribution >= 0.6 is 58.1 Å². The Bertz CT molecular complexity index is 1480. The molecule has 2 N–H and O–H groups in total. The number of methoxy groups -OCH3 is 1. The predicted octanol–water partition coefficient (Wildman–Crippen LogP) is 6.06. The van der Waals surface area contributed by atoms with Gasteiger partial charge in [0.2, 0.25) is 5.91 Å². The predicted molar refractivity (Wildman–Crippen MR) is 146 cm³/mol. The van der Waals surface area contributed by atoms with Gasteiger partial charge in [0.05, 0.1) is 34.1 Å². The van der Waals surface area contributed by atoms with Crippen molar-refractivity contribution in [2.75, 3.05) is 23.5 Å². The monoisotopic (exact) mass is 598 g/mol. The molecule has 4 aromatic rings. The minimum absolute atomic E-state index is 0.0920. The number of esters is 1. The molecule has 0 aliphatic rings. The number of carbonyl (C=O) groups excluding carboxylic acids is 2. The van der Waals surface area contributed by atoms with E-state index in [1.165, 1.54) is 54.4 Å². The first-order chi connectivity index (χ1) is 17.7. The van der Waals surface area contributed by atoms with Crippen molar-refractivity contribution in [2.45, 2.75) is 20.9 Å². The third-order valence-electron chi connectivity index (χ3n) is 4.71. The van der Waals surface area contributed by atoms with Gasteiger partial charge in [-0.1, -0.05) is 58.1 Å². The Morgan fingerprint density at radius 3 is 2.68 bits per heavy atom. The Hall–Kier alpha value is -2.71. The lowest BCUT2D eigenvalue weighted by Crippen LogP contribution is -2.14. The highest BCUT2D eigenvalue weighted by molar-refractivity contribution is 8.04. The van der Waals surface area contributed by atoms with Crippen LogP contribution < -0.4 is 10.6 Å². The number of anilines is 3. The molecule has 4 rings (SSSR count). The Morgan fingerprint density at radius 2 is 1.89 bits per heavy atom. The second kappa shape index (κ2) is 12.2. The third-order valence-corrected chi connectivity index (χ3v) is 8.65. The van der Waals surface area contributed by atoms with Gasteiger partial charge in [-0.25, -0.2) is 14.4 Å². The summed E-state index contributed by atoms with van der Waals surface area (Å²) in [6.07, 6.45) is 1.34. The van der Waals surface area contributed by atoms with Gasteiger partial charge >= 0.3 is 5.97 Å². The van der Waals surface area contributed by atoms with Gasteiger partial charge in [0, 0.05) is 11.1 Å². The van der Waals surface area contributed by atoms with Gasteiger partial charge in [-0.05, 0) is 37.3 Å². The van der Waals surface area contributed by atoms with Crippen LogP contribution in [0.4, 0.5) is 21.6 Å². The molecule has 9 nitrogen and oxygen atoms in total. The maximum absolute atomic E-state index is 14.4. The molecule has 0 spiro atoms. The van der Waals surface area contributed by atoms with Crippen molar-refractivity contribution in [3.8, 4) is 0 Å². The van der Waals surface area contributed by atoms with Crippen LogP contribution in [0.15, 0.2) is 45.3 Å². The van der Waals surface area contributed by atoms with E-state index in [1.54, 1.807) is 25.1 Å². The normalized spacial score (nSPS) is 11.8. The molecule has 0 aliphatic heterocycles. The van der Waals surface area contributed by atoms with E-state index >= 15 is 0 Å². The van der Waals surface area contributed by atoms with Crippen LogP contribution in [-0.4, -0.2) is 50.2 Å². The van der Waals surface area contributed by atoms with Gasteiger partial charge in [-0.3, -0.25) is 9.59 Å². The van der Waals surface area contributed by atoms with Crippen molar-refractivity contribution in [3.63, 3.8) is 0 Å². The fraction of sp³-hybridized carbons (Fsp3) is 0.182. The first-order valence-corrected chi connectivity index (χ1v) is 13.8. The zero-order valence-electron chi connectivity index (χ0n) is 19.1. The van der Waals surface area contributed by atoms with Crippen molar-refractivity contribution < 1.29 is 18.7 Å². The van der Waals surface area contributed by atoms with Gasteiger partial charge in [-0.2, -0.15) is 0 Å². The fourth-order valence-corrected chi connectivity index (χ4v) is 6.28. The molecular weight excluding hydrogens is 582 g/mol. The average Bonchev–Trinajstić information content (AvgIpc) is 3.33. The van der Waals surface area contributed by atoms with Crippen molar-refractivity contribution in [1.29, 1.82) is 0 Å². The summed E-state index contributed by atoms with van der Waals surface area (Å²) in [5.41, 5.74) is 1.19. The van der Waals surface area contributed by atoms with Gasteiger partial charge in [0.25, 0.3) is 0 Å². The number of thioether (sulfide) groups is 2. The molecule has 1 unspecified atom stereocenters. The number of hydrogen-bond donors (Lipinski definition) is 2. The third kappa shape index (κ3) is 6.99. The quantitative estimate of drug-likeness (QED) is 0.134. The number of hydrogen-bond acceptors (Lipinski definition) is 11. The number of nitrogens with one attached hydrogen (secondary N) is 2. The summed E-state index contributed by atoms with van der Waals surface area (Å²) in [7, 11) is 1.33.